The largest absolute Gasteiger partial charge is 0.376 e. The Hall–Kier alpha value is -1.80. The van der Waals surface area contributed by atoms with Crippen molar-refractivity contribution in [2.45, 2.75) is 23.8 Å². The lowest BCUT2D eigenvalue weighted by molar-refractivity contribution is 0.0858. The fraction of sp³-hybridized carbons (Fsp3) is 0.278. The molecule has 2 N–H and O–H groups in total. The van der Waals surface area contributed by atoms with Crippen LogP contribution in [0.15, 0.2) is 47.4 Å². The Morgan fingerprint density at radius 1 is 1.15 bits per heavy atom. The Kier molecular flexibility index (Phi) is 6.26. The molecule has 9 heteroatoms. The van der Waals surface area contributed by atoms with Gasteiger partial charge in [0, 0.05) is 13.2 Å². The van der Waals surface area contributed by atoms with Gasteiger partial charge in [-0.15, -0.1) is 0 Å². The van der Waals surface area contributed by atoms with Gasteiger partial charge in [0.05, 0.1) is 32.3 Å². The molecule has 144 valence electrons. The van der Waals surface area contributed by atoms with Crippen LogP contribution < -0.4 is 10.0 Å². The van der Waals surface area contributed by atoms with E-state index in [4.69, 9.17) is 27.9 Å². The standard InChI is InChI=1S/C18H18Cl2N2O4S/c19-15-8-7-13(10-16(15)20)27(24,25)22-17-6-2-1-5-14(17)18(23)21-11-12-4-3-9-26-12/h1-2,5-8,10,12,22H,3-4,9,11H2,(H,21,23). The average molecular weight is 429 g/mol. The topological polar surface area (TPSA) is 84.5 Å². The molecule has 1 aliphatic rings. The molecule has 1 heterocycles. The van der Waals surface area contributed by atoms with Crippen LogP contribution in [0, 0.1) is 0 Å². The minimum atomic E-state index is -3.94. The summed E-state index contributed by atoms with van der Waals surface area (Å²) in [5.41, 5.74) is 0.396. The van der Waals surface area contributed by atoms with Gasteiger partial charge in [0.2, 0.25) is 0 Å². The SMILES string of the molecule is O=C(NCC1CCCO1)c1ccccc1NS(=O)(=O)c1ccc(Cl)c(Cl)c1. The number of amides is 1. The smallest absolute Gasteiger partial charge is 0.261 e. The van der Waals surface area contributed by atoms with Crippen LogP contribution >= 0.6 is 23.2 Å². The highest BCUT2D eigenvalue weighted by Crippen LogP contribution is 2.27. The van der Waals surface area contributed by atoms with Crippen LogP contribution in [-0.4, -0.2) is 33.6 Å². The van der Waals surface area contributed by atoms with Gasteiger partial charge in [-0.1, -0.05) is 35.3 Å². The molecule has 0 aliphatic carbocycles. The Morgan fingerprint density at radius 2 is 1.93 bits per heavy atom. The molecule has 3 rings (SSSR count). The van der Waals surface area contributed by atoms with Gasteiger partial charge >= 0.3 is 0 Å². The average Bonchev–Trinajstić information content (AvgIpc) is 3.15. The molecule has 1 saturated heterocycles. The third-order valence-electron chi connectivity index (χ3n) is 4.13. The highest BCUT2D eigenvalue weighted by atomic mass is 35.5. The van der Waals surface area contributed by atoms with E-state index in [1.54, 1.807) is 18.2 Å². The van der Waals surface area contributed by atoms with Gasteiger partial charge in [0.25, 0.3) is 15.9 Å². The van der Waals surface area contributed by atoms with E-state index >= 15 is 0 Å². The summed E-state index contributed by atoms with van der Waals surface area (Å²) in [6.45, 7) is 1.08. The minimum absolute atomic E-state index is 0.00554. The lowest BCUT2D eigenvalue weighted by Gasteiger charge is -2.14. The Morgan fingerprint density at radius 3 is 2.63 bits per heavy atom. The summed E-state index contributed by atoms with van der Waals surface area (Å²) in [5, 5.41) is 3.17. The predicted molar refractivity (Wildman–Crippen MR) is 105 cm³/mol. The molecule has 0 radical (unpaired) electrons. The van der Waals surface area contributed by atoms with Gasteiger partial charge in [0.15, 0.2) is 0 Å². The molecule has 27 heavy (non-hydrogen) atoms. The number of halogens is 2. The highest BCUT2D eigenvalue weighted by molar-refractivity contribution is 7.92. The second kappa shape index (κ2) is 8.48. The van der Waals surface area contributed by atoms with Crippen LogP contribution in [-0.2, 0) is 14.8 Å². The normalized spacial score (nSPS) is 16.9. The summed E-state index contributed by atoms with van der Waals surface area (Å²) in [7, 11) is -3.94. The summed E-state index contributed by atoms with van der Waals surface area (Å²) >= 11 is 11.7. The lowest BCUT2D eigenvalue weighted by Crippen LogP contribution is -2.32. The first-order valence-electron chi connectivity index (χ1n) is 8.33. The van der Waals surface area contributed by atoms with Gasteiger partial charge in [-0.25, -0.2) is 8.42 Å². The van der Waals surface area contributed by atoms with Crippen LogP contribution in [0.25, 0.3) is 0 Å². The number of hydrogen-bond acceptors (Lipinski definition) is 4. The number of nitrogens with one attached hydrogen (secondary N) is 2. The van der Waals surface area contributed by atoms with Crippen LogP contribution in [0.3, 0.4) is 0 Å². The second-order valence-corrected chi connectivity index (χ2v) is 8.57. The zero-order valence-electron chi connectivity index (χ0n) is 14.2. The van der Waals surface area contributed by atoms with Crippen LogP contribution in [0.4, 0.5) is 5.69 Å². The molecule has 1 unspecified atom stereocenters. The Balaban J connectivity index is 1.78. The molecule has 2 aromatic rings. The van der Waals surface area contributed by atoms with Crippen LogP contribution in [0.2, 0.25) is 10.0 Å². The summed E-state index contributed by atoms with van der Waals surface area (Å²) < 4.78 is 33.2. The molecule has 6 nitrogen and oxygen atoms in total. The first-order valence-corrected chi connectivity index (χ1v) is 10.6. The molecule has 0 bridgehead atoms. The van der Waals surface area contributed by atoms with E-state index in [1.165, 1.54) is 24.3 Å². The molecular formula is C18H18Cl2N2O4S. The van der Waals surface area contributed by atoms with E-state index in [1.807, 2.05) is 0 Å². The van der Waals surface area contributed by atoms with Crippen molar-refractivity contribution in [3.8, 4) is 0 Å². The molecule has 0 aromatic heterocycles. The lowest BCUT2D eigenvalue weighted by atomic mass is 10.1. The maximum atomic E-state index is 12.6. The van der Waals surface area contributed by atoms with E-state index in [9.17, 15) is 13.2 Å². The van der Waals surface area contributed by atoms with Crippen LogP contribution in [0.5, 0.6) is 0 Å². The summed E-state index contributed by atoms with van der Waals surface area (Å²) in [4.78, 5) is 12.5. The van der Waals surface area contributed by atoms with Gasteiger partial charge < -0.3 is 10.1 Å². The van der Waals surface area contributed by atoms with Gasteiger partial charge in [-0.2, -0.15) is 0 Å². The number of sulfonamides is 1. The number of anilines is 1. The van der Waals surface area contributed by atoms with Crippen molar-refractivity contribution in [2.24, 2.45) is 0 Å². The van der Waals surface area contributed by atoms with Crippen molar-refractivity contribution >= 4 is 44.8 Å². The number of benzene rings is 2. The van der Waals surface area contributed by atoms with E-state index in [0.717, 1.165) is 12.8 Å². The third kappa shape index (κ3) is 4.93. The zero-order valence-corrected chi connectivity index (χ0v) is 16.6. The number of hydrogen-bond donors (Lipinski definition) is 2. The minimum Gasteiger partial charge on any atom is -0.376 e. The van der Waals surface area contributed by atoms with Crippen molar-refractivity contribution in [3.05, 3.63) is 58.1 Å². The quantitative estimate of drug-likeness (QED) is 0.734. The summed E-state index contributed by atoms with van der Waals surface area (Å²) in [6.07, 6.45) is 1.86. The maximum Gasteiger partial charge on any atom is 0.261 e. The van der Waals surface area contributed by atoms with E-state index in [0.29, 0.717) is 13.2 Å². The van der Waals surface area contributed by atoms with Crippen molar-refractivity contribution in [1.29, 1.82) is 0 Å². The molecule has 2 aromatic carbocycles. The van der Waals surface area contributed by atoms with E-state index in [-0.39, 0.29) is 38.2 Å². The monoisotopic (exact) mass is 428 g/mol. The Bertz CT molecular complexity index is 944. The number of ether oxygens (including phenoxy) is 1. The first-order chi connectivity index (χ1) is 12.9. The number of para-hydroxylation sites is 1. The molecule has 0 saturated carbocycles. The molecule has 1 fully saturated rings. The van der Waals surface area contributed by atoms with Gasteiger partial charge in [-0.3, -0.25) is 9.52 Å². The van der Waals surface area contributed by atoms with Crippen molar-refractivity contribution in [1.82, 2.24) is 5.32 Å². The fourth-order valence-corrected chi connectivity index (χ4v) is 4.19. The molecule has 0 spiro atoms. The fourth-order valence-electron chi connectivity index (χ4n) is 2.72. The first kappa shape index (κ1) is 19.9. The number of carbonyl (C=O) groups is 1. The summed E-state index contributed by atoms with van der Waals surface area (Å²) in [6, 6.07) is 10.4. The summed E-state index contributed by atoms with van der Waals surface area (Å²) in [5.74, 6) is -0.377. The van der Waals surface area contributed by atoms with E-state index in [2.05, 4.69) is 10.0 Å². The maximum absolute atomic E-state index is 12.6. The van der Waals surface area contributed by atoms with Gasteiger partial charge in [-0.05, 0) is 43.2 Å². The van der Waals surface area contributed by atoms with E-state index < -0.39 is 10.0 Å². The zero-order chi connectivity index (χ0) is 19.4. The van der Waals surface area contributed by atoms with Crippen molar-refractivity contribution in [3.63, 3.8) is 0 Å². The molecular weight excluding hydrogens is 411 g/mol. The molecule has 1 aliphatic heterocycles. The number of carbonyl (C=O) groups excluding carboxylic acids is 1. The third-order valence-corrected chi connectivity index (χ3v) is 6.23. The highest BCUT2D eigenvalue weighted by Gasteiger charge is 2.21. The predicted octanol–water partition coefficient (Wildman–Crippen LogP) is 3.70. The molecule has 1 amide bonds. The second-order valence-electron chi connectivity index (χ2n) is 6.07. The van der Waals surface area contributed by atoms with Crippen molar-refractivity contribution in [2.75, 3.05) is 17.9 Å². The Labute approximate surface area is 167 Å². The van der Waals surface area contributed by atoms with Crippen LogP contribution in [0.1, 0.15) is 23.2 Å². The molecule has 1 atom stereocenters. The van der Waals surface area contributed by atoms with Gasteiger partial charge in [0.1, 0.15) is 0 Å². The van der Waals surface area contributed by atoms with Crippen molar-refractivity contribution < 1.29 is 17.9 Å². The number of rotatable bonds is 6.